The molecule has 0 unspecified atom stereocenters. The second-order valence-electron chi connectivity index (χ2n) is 6.71. The minimum absolute atomic E-state index is 0.0365. The number of aromatic amines is 1. The molecule has 4 rings (SSSR count). The standard InChI is InChI=1S/C19H18F2N4O4S2/c20-14-9-16-17(10-15(14)21)24-19(23-16)30-11-18(26)22-12-2-1-3-13(8-12)31(27,28)25-4-6-29-7-5-25/h1-3,8-10H,4-7,11H2,(H,22,26)(H,23,24). The Labute approximate surface area is 181 Å². The number of hydrogen-bond acceptors (Lipinski definition) is 6. The molecule has 0 saturated carbocycles. The first-order valence-electron chi connectivity index (χ1n) is 9.28. The van der Waals surface area contributed by atoms with Crippen LogP contribution in [0.2, 0.25) is 0 Å². The summed E-state index contributed by atoms with van der Waals surface area (Å²) in [6.45, 7) is 1.24. The predicted molar refractivity (Wildman–Crippen MR) is 111 cm³/mol. The van der Waals surface area contributed by atoms with E-state index in [1.807, 2.05) is 0 Å². The van der Waals surface area contributed by atoms with Crippen molar-refractivity contribution in [3.8, 4) is 0 Å². The first-order chi connectivity index (χ1) is 14.8. The smallest absolute Gasteiger partial charge is 0.243 e. The lowest BCUT2D eigenvalue weighted by Crippen LogP contribution is -2.40. The van der Waals surface area contributed by atoms with Gasteiger partial charge in [-0.05, 0) is 18.2 Å². The lowest BCUT2D eigenvalue weighted by molar-refractivity contribution is -0.113. The molecule has 3 aromatic rings. The molecule has 2 aromatic carbocycles. The van der Waals surface area contributed by atoms with Crippen LogP contribution in [0, 0.1) is 11.6 Å². The average Bonchev–Trinajstić information content (AvgIpc) is 3.15. The third-order valence-corrected chi connectivity index (χ3v) is 7.34. The van der Waals surface area contributed by atoms with E-state index in [1.165, 1.54) is 16.4 Å². The number of benzene rings is 2. The molecule has 31 heavy (non-hydrogen) atoms. The number of carbonyl (C=O) groups is 1. The van der Waals surface area contributed by atoms with Gasteiger partial charge in [0.05, 0.1) is 34.9 Å². The minimum atomic E-state index is -3.68. The average molecular weight is 469 g/mol. The van der Waals surface area contributed by atoms with Gasteiger partial charge in [0.2, 0.25) is 15.9 Å². The highest BCUT2D eigenvalue weighted by Gasteiger charge is 2.26. The Morgan fingerprint density at radius 3 is 2.71 bits per heavy atom. The minimum Gasteiger partial charge on any atom is -0.379 e. The predicted octanol–water partition coefficient (Wildman–Crippen LogP) is 2.59. The molecular formula is C19H18F2N4O4S2. The van der Waals surface area contributed by atoms with Crippen molar-refractivity contribution in [3.05, 3.63) is 48.0 Å². The van der Waals surface area contributed by atoms with Crippen molar-refractivity contribution in [1.29, 1.82) is 0 Å². The van der Waals surface area contributed by atoms with Gasteiger partial charge in [-0.25, -0.2) is 22.2 Å². The van der Waals surface area contributed by atoms with E-state index in [4.69, 9.17) is 4.74 Å². The van der Waals surface area contributed by atoms with Gasteiger partial charge >= 0.3 is 0 Å². The Kier molecular flexibility index (Phi) is 6.23. The number of nitrogens with one attached hydrogen (secondary N) is 2. The van der Waals surface area contributed by atoms with E-state index in [0.29, 0.717) is 29.6 Å². The summed E-state index contributed by atoms with van der Waals surface area (Å²) in [7, 11) is -3.68. The molecule has 0 spiro atoms. The number of amides is 1. The van der Waals surface area contributed by atoms with E-state index in [1.54, 1.807) is 12.1 Å². The van der Waals surface area contributed by atoms with Crippen LogP contribution in [-0.2, 0) is 19.6 Å². The van der Waals surface area contributed by atoms with Crippen molar-refractivity contribution in [3.63, 3.8) is 0 Å². The quantitative estimate of drug-likeness (QED) is 0.539. The number of sulfonamides is 1. The zero-order valence-corrected chi connectivity index (χ0v) is 17.7. The van der Waals surface area contributed by atoms with Crippen molar-refractivity contribution in [2.24, 2.45) is 0 Å². The van der Waals surface area contributed by atoms with Crippen LogP contribution < -0.4 is 5.32 Å². The lowest BCUT2D eigenvalue weighted by atomic mass is 10.3. The van der Waals surface area contributed by atoms with Gasteiger partial charge in [0.15, 0.2) is 16.8 Å². The number of nitrogens with zero attached hydrogens (tertiary/aromatic N) is 2. The monoisotopic (exact) mass is 468 g/mol. The van der Waals surface area contributed by atoms with Crippen LogP contribution in [0.1, 0.15) is 0 Å². The fourth-order valence-corrected chi connectivity index (χ4v) is 5.19. The summed E-state index contributed by atoms with van der Waals surface area (Å²) < 4.78 is 58.7. The van der Waals surface area contributed by atoms with Crippen molar-refractivity contribution in [1.82, 2.24) is 14.3 Å². The summed E-state index contributed by atoms with van der Waals surface area (Å²) in [5.41, 5.74) is 0.916. The molecule has 1 fully saturated rings. The molecule has 0 aliphatic carbocycles. The Bertz CT molecular complexity index is 1190. The van der Waals surface area contributed by atoms with Gasteiger partial charge in [0.1, 0.15) is 0 Å². The Morgan fingerprint density at radius 1 is 1.19 bits per heavy atom. The van der Waals surface area contributed by atoms with Gasteiger partial charge in [0, 0.05) is 30.9 Å². The van der Waals surface area contributed by atoms with E-state index in [9.17, 15) is 22.0 Å². The number of halogens is 2. The van der Waals surface area contributed by atoms with E-state index >= 15 is 0 Å². The molecule has 0 radical (unpaired) electrons. The van der Waals surface area contributed by atoms with Crippen LogP contribution in [0.15, 0.2) is 46.5 Å². The van der Waals surface area contributed by atoms with E-state index < -0.39 is 21.7 Å². The van der Waals surface area contributed by atoms with Crippen LogP contribution in [-0.4, -0.2) is 60.7 Å². The lowest BCUT2D eigenvalue weighted by Gasteiger charge is -2.26. The number of thioether (sulfide) groups is 1. The zero-order valence-electron chi connectivity index (χ0n) is 16.1. The Hall–Kier alpha value is -2.54. The maximum atomic E-state index is 13.3. The van der Waals surface area contributed by atoms with Crippen LogP contribution >= 0.6 is 11.8 Å². The Morgan fingerprint density at radius 2 is 1.94 bits per heavy atom. The molecule has 2 N–H and O–H groups in total. The zero-order chi connectivity index (χ0) is 22.0. The second-order valence-corrected chi connectivity index (χ2v) is 9.61. The molecule has 8 nitrogen and oxygen atoms in total. The highest BCUT2D eigenvalue weighted by atomic mass is 32.2. The maximum absolute atomic E-state index is 13.3. The number of imidazole rings is 1. The summed E-state index contributed by atoms with van der Waals surface area (Å²) in [4.78, 5) is 19.3. The highest BCUT2D eigenvalue weighted by Crippen LogP contribution is 2.23. The SMILES string of the molecule is O=C(CSc1nc2cc(F)c(F)cc2[nH]1)Nc1cccc(S(=O)(=O)N2CCOCC2)c1. The number of morpholine rings is 1. The normalized spacial score (nSPS) is 15.3. The maximum Gasteiger partial charge on any atom is 0.243 e. The van der Waals surface area contributed by atoms with Gasteiger partial charge in [-0.15, -0.1) is 0 Å². The van der Waals surface area contributed by atoms with Crippen molar-refractivity contribution < 1.29 is 26.7 Å². The molecule has 0 atom stereocenters. The van der Waals surface area contributed by atoms with Crippen LogP contribution in [0.5, 0.6) is 0 Å². The van der Waals surface area contributed by atoms with Gasteiger partial charge in [-0.2, -0.15) is 4.31 Å². The molecule has 1 aromatic heterocycles. The molecule has 1 aliphatic rings. The number of rotatable bonds is 6. The van der Waals surface area contributed by atoms with Crippen molar-refractivity contribution >= 4 is 44.4 Å². The largest absolute Gasteiger partial charge is 0.379 e. The molecule has 1 amide bonds. The fraction of sp³-hybridized carbons (Fsp3) is 0.263. The van der Waals surface area contributed by atoms with Crippen LogP contribution in [0.4, 0.5) is 14.5 Å². The number of fused-ring (bicyclic) bond motifs is 1. The number of ether oxygens (including phenoxy) is 1. The third-order valence-electron chi connectivity index (χ3n) is 4.57. The van der Waals surface area contributed by atoms with Crippen molar-refractivity contribution in [2.45, 2.75) is 10.1 Å². The summed E-state index contributed by atoms with van der Waals surface area (Å²) >= 11 is 1.05. The molecule has 2 heterocycles. The number of carbonyl (C=O) groups excluding carboxylic acids is 1. The van der Waals surface area contributed by atoms with Crippen LogP contribution in [0.3, 0.4) is 0 Å². The first-order valence-corrected chi connectivity index (χ1v) is 11.7. The molecule has 164 valence electrons. The summed E-state index contributed by atoms with van der Waals surface area (Å²) in [5, 5.41) is 2.98. The van der Waals surface area contributed by atoms with Crippen LogP contribution in [0.25, 0.3) is 11.0 Å². The summed E-state index contributed by atoms with van der Waals surface area (Å²) in [6, 6.07) is 8.00. The van der Waals surface area contributed by atoms with E-state index in [0.717, 1.165) is 23.9 Å². The third kappa shape index (κ3) is 4.87. The summed E-state index contributed by atoms with van der Waals surface area (Å²) in [5.74, 6) is -2.41. The highest BCUT2D eigenvalue weighted by molar-refractivity contribution is 7.99. The molecule has 1 saturated heterocycles. The fourth-order valence-electron chi connectivity index (χ4n) is 3.05. The van der Waals surface area contributed by atoms with Gasteiger partial charge < -0.3 is 15.0 Å². The number of aromatic nitrogens is 2. The first kappa shape index (κ1) is 21.7. The van der Waals surface area contributed by atoms with Gasteiger partial charge in [-0.3, -0.25) is 4.79 Å². The Balaban J connectivity index is 1.40. The number of H-pyrrole nitrogens is 1. The summed E-state index contributed by atoms with van der Waals surface area (Å²) in [6.07, 6.45) is 0. The number of hydrogen-bond donors (Lipinski definition) is 2. The molecular weight excluding hydrogens is 450 g/mol. The van der Waals surface area contributed by atoms with Gasteiger partial charge in [0.25, 0.3) is 0 Å². The van der Waals surface area contributed by atoms with E-state index in [-0.39, 0.29) is 35.2 Å². The molecule has 0 bridgehead atoms. The van der Waals surface area contributed by atoms with E-state index in [2.05, 4.69) is 15.3 Å². The second kappa shape index (κ2) is 8.91. The van der Waals surface area contributed by atoms with Crippen molar-refractivity contribution in [2.75, 3.05) is 37.4 Å². The molecule has 1 aliphatic heterocycles. The number of anilines is 1. The molecule has 12 heteroatoms. The van der Waals surface area contributed by atoms with Gasteiger partial charge in [-0.1, -0.05) is 17.8 Å². The topological polar surface area (TPSA) is 104 Å².